The molecule has 9 heteroatoms. The Kier molecular flexibility index (Phi) is 6.42. The van der Waals surface area contributed by atoms with E-state index in [1.165, 1.54) is 6.20 Å². The number of rotatable bonds is 4. The molecule has 172 valence electrons. The molecule has 1 aliphatic rings. The third-order valence-corrected chi connectivity index (χ3v) is 5.88. The number of aromatic nitrogens is 2. The van der Waals surface area contributed by atoms with Crippen molar-refractivity contribution in [1.82, 2.24) is 9.97 Å². The van der Waals surface area contributed by atoms with Crippen LogP contribution in [0.3, 0.4) is 0 Å². The number of benzene rings is 1. The zero-order chi connectivity index (χ0) is 23.7. The lowest BCUT2D eigenvalue weighted by atomic mass is 9.76. The number of nitrogens with zero attached hydrogens (tertiary/aromatic N) is 2. The third-order valence-electron chi connectivity index (χ3n) is 5.88. The Balaban J connectivity index is 1.65. The number of halogens is 4. The number of nitrogens with two attached hydrogens (primary N) is 1. The SMILES string of the molecule is C[C@@H]1C[C@@H](N)C[C@H](c2ccncc2NC(=O)c2ccc(F)c(-c3c(F)ccc(F)c3F)n2)C1. The number of hydrogen-bond acceptors (Lipinski definition) is 4. The van der Waals surface area contributed by atoms with Gasteiger partial charge >= 0.3 is 0 Å². The van der Waals surface area contributed by atoms with Gasteiger partial charge in [0.15, 0.2) is 11.6 Å². The largest absolute Gasteiger partial charge is 0.328 e. The topological polar surface area (TPSA) is 80.9 Å². The zero-order valence-electron chi connectivity index (χ0n) is 17.8. The molecular weight excluding hydrogens is 436 g/mol. The predicted octanol–water partition coefficient (Wildman–Crippen LogP) is 5.18. The van der Waals surface area contributed by atoms with Crippen LogP contribution < -0.4 is 11.1 Å². The molecule has 3 atom stereocenters. The number of hydrogen-bond donors (Lipinski definition) is 2. The van der Waals surface area contributed by atoms with Gasteiger partial charge in [-0.15, -0.1) is 0 Å². The highest BCUT2D eigenvalue weighted by molar-refractivity contribution is 6.03. The first-order valence-electron chi connectivity index (χ1n) is 10.6. The van der Waals surface area contributed by atoms with E-state index >= 15 is 0 Å². The lowest BCUT2D eigenvalue weighted by molar-refractivity contribution is 0.102. The lowest BCUT2D eigenvalue weighted by Crippen LogP contribution is -2.31. The summed E-state index contributed by atoms with van der Waals surface area (Å²) in [7, 11) is 0. The summed E-state index contributed by atoms with van der Waals surface area (Å²) in [6, 6.07) is 5.05. The van der Waals surface area contributed by atoms with E-state index in [0.717, 1.165) is 37.0 Å². The molecule has 2 heterocycles. The minimum atomic E-state index is -1.59. The van der Waals surface area contributed by atoms with E-state index in [1.54, 1.807) is 6.20 Å². The van der Waals surface area contributed by atoms with Crippen LogP contribution >= 0.6 is 0 Å². The molecule has 0 saturated heterocycles. The highest BCUT2D eigenvalue weighted by Gasteiger charge is 2.28. The van der Waals surface area contributed by atoms with Crippen LogP contribution in [-0.4, -0.2) is 21.9 Å². The summed E-state index contributed by atoms with van der Waals surface area (Å²) in [6.07, 6.45) is 5.71. The van der Waals surface area contributed by atoms with Crippen LogP contribution in [0.4, 0.5) is 23.2 Å². The number of anilines is 1. The van der Waals surface area contributed by atoms with Crippen LogP contribution in [-0.2, 0) is 0 Å². The van der Waals surface area contributed by atoms with Gasteiger partial charge in [-0.3, -0.25) is 9.78 Å². The minimum absolute atomic E-state index is 0.0489. The molecule has 2 aromatic heterocycles. The van der Waals surface area contributed by atoms with Crippen molar-refractivity contribution >= 4 is 11.6 Å². The maximum absolute atomic E-state index is 14.3. The second-order valence-electron chi connectivity index (χ2n) is 8.43. The van der Waals surface area contributed by atoms with Crippen LogP contribution in [0.5, 0.6) is 0 Å². The molecule has 1 aliphatic carbocycles. The Morgan fingerprint density at radius 3 is 2.48 bits per heavy atom. The van der Waals surface area contributed by atoms with E-state index in [0.29, 0.717) is 23.7 Å². The van der Waals surface area contributed by atoms with Crippen molar-refractivity contribution in [2.45, 2.75) is 38.1 Å². The average molecular weight is 458 g/mol. The minimum Gasteiger partial charge on any atom is -0.328 e. The molecule has 0 aliphatic heterocycles. The summed E-state index contributed by atoms with van der Waals surface area (Å²) in [4.78, 5) is 20.8. The highest BCUT2D eigenvalue weighted by Crippen LogP contribution is 2.38. The van der Waals surface area contributed by atoms with Gasteiger partial charge in [-0.1, -0.05) is 6.92 Å². The Morgan fingerprint density at radius 1 is 1.00 bits per heavy atom. The first kappa shape index (κ1) is 22.8. The monoisotopic (exact) mass is 458 g/mol. The fourth-order valence-electron chi connectivity index (χ4n) is 4.45. The molecule has 3 aromatic rings. The van der Waals surface area contributed by atoms with Crippen LogP contribution in [0.1, 0.15) is 48.2 Å². The van der Waals surface area contributed by atoms with Gasteiger partial charge in [0.1, 0.15) is 23.0 Å². The zero-order valence-corrected chi connectivity index (χ0v) is 17.8. The molecule has 0 spiro atoms. The van der Waals surface area contributed by atoms with Crippen molar-refractivity contribution in [3.8, 4) is 11.3 Å². The summed E-state index contributed by atoms with van der Waals surface area (Å²) in [5.41, 5.74) is 5.43. The maximum atomic E-state index is 14.3. The number of carbonyl (C=O) groups excluding carboxylic acids is 1. The Labute approximate surface area is 188 Å². The fraction of sp³-hybridized carbons (Fsp3) is 0.292. The van der Waals surface area contributed by atoms with Crippen molar-refractivity contribution in [2.24, 2.45) is 11.7 Å². The standard InChI is InChI=1S/C24H22F4N4O/c1-12-8-13(10-14(29)9-12)15-6-7-30-11-20(15)32-24(33)19-5-4-18(27)23(31-19)21-16(25)2-3-17(26)22(21)28/h2-7,11-14H,8-10,29H2,1H3,(H,32,33)/t12-,13+,14+/m0/s1. The predicted molar refractivity (Wildman–Crippen MR) is 115 cm³/mol. The van der Waals surface area contributed by atoms with Crippen LogP contribution in [0.2, 0.25) is 0 Å². The third kappa shape index (κ3) is 4.73. The summed E-state index contributed by atoms with van der Waals surface area (Å²) in [5, 5.41) is 2.70. The van der Waals surface area contributed by atoms with Gasteiger partial charge in [0.25, 0.3) is 5.91 Å². The van der Waals surface area contributed by atoms with E-state index in [2.05, 4.69) is 22.2 Å². The van der Waals surface area contributed by atoms with Crippen molar-refractivity contribution in [3.63, 3.8) is 0 Å². The number of carbonyl (C=O) groups is 1. The van der Waals surface area contributed by atoms with Crippen LogP contribution in [0, 0.1) is 29.2 Å². The summed E-state index contributed by atoms with van der Waals surface area (Å²) in [5.74, 6) is -5.42. The number of amides is 1. The van der Waals surface area contributed by atoms with Gasteiger partial charge in [0.05, 0.1) is 17.4 Å². The van der Waals surface area contributed by atoms with Crippen molar-refractivity contribution in [1.29, 1.82) is 0 Å². The van der Waals surface area contributed by atoms with E-state index in [9.17, 15) is 22.4 Å². The quantitative estimate of drug-likeness (QED) is 0.417. The molecule has 1 fully saturated rings. The van der Waals surface area contributed by atoms with Crippen LogP contribution in [0.15, 0.2) is 42.7 Å². The van der Waals surface area contributed by atoms with Gasteiger partial charge < -0.3 is 11.1 Å². The van der Waals surface area contributed by atoms with Gasteiger partial charge in [-0.05, 0) is 67.0 Å². The van der Waals surface area contributed by atoms with Gasteiger partial charge in [-0.25, -0.2) is 22.5 Å². The smallest absolute Gasteiger partial charge is 0.274 e. The van der Waals surface area contributed by atoms with E-state index in [1.807, 2.05) is 6.07 Å². The lowest BCUT2D eigenvalue weighted by Gasteiger charge is -2.32. The summed E-state index contributed by atoms with van der Waals surface area (Å²) >= 11 is 0. The normalized spacial score (nSPS) is 20.5. The molecule has 33 heavy (non-hydrogen) atoms. The molecule has 0 unspecified atom stereocenters. The Bertz CT molecular complexity index is 1190. The molecule has 1 amide bonds. The van der Waals surface area contributed by atoms with Crippen molar-refractivity contribution in [2.75, 3.05) is 5.32 Å². The van der Waals surface area contributed by atoms with Crippen molar-refractivity contribution in [3.05, 3.63) is 77.3 Å². The first-order chi connectivity index (χ1) is 15.7. The maximum Gasteiger partial charge on any atom is 0.274 e. The van der Waals surface area contributed by atoms with Gasteiger partial charge in [0.2, 0.25) is 0 Å². The average Bonchev–Trinajstić information content (AvgIpc) is 2.77. The Morgan fingerprint density at radius 2 is 1.73 bits per heavy atom. The molecule has 0 bridgehead atoms. The summed E-state index contributed by atoms with van der Waals surface area (Å²) < 4.78 is 56.3. The fourth-order valence-corrected chi connectivity index (χ4v) is 4.45. The van der Waals surface area contributed by atoms with E-state index < -0.39 is 40.4 Å². The first-order valence-corrected chi connectivity index (χ1v) is 10.6. The van der Waals surface area contributed by atoms with Gasteiger partial charge in [0, 0.05) is 12.2 Å². The molecule has 5 nitrogen and oxygen atoms in total. The molecule has 1 aromatic carbocycles. The van der Waals surface area contributed by atoms with Crippen LogP contribution in [0.25, 0.3) is 11.3 Å². The molecule has 3 N–H and O–H groups in total. The highest BCUT2D eigenvalue weighted by atomic mass is 19.2. The molecule has 4 rings (SSSR count). The second-order valence-corrected chi connectivity index (χ2v) is 8.43. The van der Waals surface area contributed by atoms with E-state index in [4.69, 9.17) is 5.73 Å². The summed E-state index contributed by atoms with van der Waals surface area (Å²) in [6.45, 7) is 2.13. The van der Waals surface area contributed by atoms with E-state index in [-0.39, 0.29) is 17.7 Å². The molecular formula is C24H22F4N4O. The van der Waals surface area contributed by atoms with Gasteiger partial charge in [-0.2, -0.15) is 0 Å². The van der Waals surface area contributed by atoms with Crippen molar-refractivity contribution < 1.29 is 22.4 Å². The molecule has 1 saturated carbocycles. The number of nitrogens with one attached hydrogen (secondary N) is 1. The molecule has 0 radical (unpaired) electrons. The second kappa shape index (κ2) is 9.27. The Hall–Kier alpha value is -3.33. The number of pyridine rings is 2.